The highest BCUT2D eigenvalue weighted by Gasteiger charge is 2.21. The summed E-state index contributed by atoms with van der Waals surface area (Å²) in [6, 6.07) is 46.6. The zero-order valence-corrected chi connectivity index (χ0v) is 22.9. The van der Waals surface area contributed by atoms with Gasteiger partial charge >= 0.3 is 0 Å². The van der Waals surface area contributed by atoms with Crippen LogP contribution in [-0.4, -0.2) is 0 Å². The molecule has 7 aromatic carbocycles. The van der Waals surface area contributed by atoms with E-state index < -0.39 is 0 Å². The Labute approximate surface area is 245 Å². The molecule has 0 unspecified atom stereocenters. The first-order chi connectivity index (χ1) is 21.3. The van der Waals surface area contributed by atoms with E-state index in [9.17, 15) is 0 Å². The van der Waals surface area contributed by atoms with Crippen molar-refractivity contribution in [3.63, 3.8) is 0 Å². The van der Waals surface area contributed by atoms with E-state index in [1.54, 1.807) is 0 Å². The average Bonchev–Trinajstić information content (AvgIpc) is 3.76. The van der Waals surface area contributed by atoms with E-state index in [0.717, 1.165) is 82.5 Å². The lowest BCUT2D eigenvalue weighted by atomic mass is 9.87. The molecule has 0 spiro atoms. The van der Waals surface area contributed by atoms with Crippen LogP contribution in [0, 0.1) is 0 Å². The molecule has 0 bridgehead atoms. The van der Waals surface area contributed by atoms with E-state index in [1.807, 2.05) is 36.4 Å². The standard InChI is InChI=1S/C40H22O3/c1-3-12-27-25(10-1)38(23-17-18-34-30(21-23)24-9-5-7-15-32(24)41-34)26-11-2-4-13-28(26)39(27)37-22-31-35(43-37)19-20-36-40(31)29-14-6-8-16-33(29)42-36/h1-22H. The lowest BCUT2D eigenvalue weighted by molar-refractivity contribution is 0.632. The maximum absolute atomic E-state index is 6.68. The summed E-state index contributed by atoms with van der Waals surface area (Å²) in [7, 11) is 0. The predicted molar refractivity (Wildman–Crippen MR) is 177 cm³/mol. The Morgan fingerprint density at radius 3 is 1.51 bits per heavy atom. The molecule has 0 atom stereocenters. The first-order valence-electron chi connectivity index (χ1n) is 14.5. The van der Waals surface area contributed by atoms with Gasteiger partial charge in [-0.1, -0.05) is 91.0 Å². The molecule has 0 radical (unpaired) electrons. The highest BCUT2D eigenvalue weighted by Crippen LogP contribution is 2.46. The molecule has 0 aliphatic rings. The normalized spacial score (nSPS) is 12.2. The molecule has 3 aromatic heterocycles. The van der Waals surface area contributed by atoms with Gasteiger partial charge in [-0.05, 0) is 75.1 Å². The SMILES string of the molecule is c1ccc2c(c1)oc1ccc(-c3c4ccccc4c(-c4cc5c(ccc6oc7ccccc7c65)o4)c4ccccc34)cc12. The predicted octanol–water partition coefficient (Wildman–Crippen LogP) is 11.9. The summed E-state index contributed by atoms with van der Waals surface area (Å²) in [6.45, 7) is 0. The molecule has 0 aliphatic heterocycles. The Morgan fingerprint density at radius 2 is 0.791 bits per heavy atom. The fourth-order valence-electron chi connectivity index (χ4n) is 7.04. The van der Waals surface area contributed by atoms with Gasteiger partial charge in [-0.15, -0.1) is 0 Å². The van der Waals surface area contributed by atoms with Crippen molar-refractivity contribution in [2.45, 2.75) is 0 Å². The first-order valence-corrected chi connectivity index (χ1v) is 14.5. The van der Waals surface area contributed by atoms with Gasteiger partial charge in [-0.3, -0.25) is 0 Å². The van der Waals surface area contributed by atoms with Crippen LogP contribution in [0.1, 0.15) is 0 Å². The number of fused-ring (bicyclic) bond motifs is 10. The summed E-state index contributed by atoms with van der Waals surface area (Å²) in [4.78, 5) is 0. The van der Waals surface area contributed by atoms with E-state index in [1.165, 1.54) is 16.3 Å². The van der Waals surface area contributed by atoms with Crippen LogP contribution in [0.15, 0.2) is 147 Å². The molecular formula is C40H22O3. The molecule has 10 aromatic rings. The van der Waals surface area contributed by atoms with Gasteiger partial charge in [0.25, 0.3) is 0 Å². The zero-order chi connectivity index (χ0) is 28.1. The fourth-order valence-corrected chi connectivity index (χ4v) is 7.04. The van der Waals surface area contributed by atoms with Gasteiger partial charge in [-0.2, -0.15) is 0 Å². The maximum atomic E-state index is 6.68. The summed E-state index contributed by atoms with van der Waals surface area (Å²) in [5.41, 5.74) is 7.88. The zero-order valence-electron chi connectivity index (χ0n) is 22.9. The van der Waals surface area contributed by atoms with Crippen molar-refractivity contribution >= 4 is 76.4 Å². The van der Waals surface area contributed by atoms with Gasteiger partial charge in [-0.25, -0.2) is 0 Å². The highest BCUT2D eigenvalue weighted by molar-refractivity contribution is 6.23. The second-order valence-electron chi connectivity index (χ2n) is 11.2. The Morgan fingerprint density at radius 1 is 0.302 bits per heavy atom. The Bertz CT molecular complexity index is 2680. The molecule has 3 heteroatoms. The van der Waals surface area contributed by atoms with E-state index in [2.05, 4.69) is 97.1 Å². The molecule has 0 aliphatic carbocycles. The fraction of sp³-hybridized carbons (Fsp3) is 0. The summed E-state index contributed by atoms with van der Waals surface area (Å²) in [6.07, 6.45) is 0. The third-order valence-corrected chi connectivity index (χ3v) is 8.88. The molecule has 0 amide bonds. The summed E-state index contributed by atoms with van der Waals surface area (Å²) >= 11 is 0. The monoisotopic (exact) mass is 550 g/mol. The molecule has 43 heavy (non-hydrogen) atoms. The van der Waals surface area contributed by atoms with Crippen molar-refractivity contribution in [1.29, 1.82) is 0 Å². The smallest absolute Gasteiger partial charge is 0.136 e. The van der Waals surface area contributed by atoms with Crippen molar-refractivity contribution < 1.29 is 13.3 Å². The van der Waals surface area contributed by atoms with Gasteiger partial charge in [0.1, 0.15) is 33.7 Å². The minimum Gasteiger partial charge on any atom is -0.456 e. The minimum absolute atomic E-state index is 0.850. The Hall–Kier alpha value is -5.80. The largest absolute Gasteiger partial charge is 0.456 e. The van der Waals surface area contributed by atoms with Crippen LogP contribution in [0.4, 0.5) is 0 Å². The van der Waals surface area contributed by atoms with Gasteiger partial charge in [0.05, 0.1) is 0 Å². The van der Waals surface area contributed by atoms with Gasteiger partial charge < -0.3 is 13.3 Å². The lowest BCUT2D eigenvalue weighted by Gasteiger charge is -2.16. The van der Waals surface area contributed by atoms with Crippen molar-refractivity contribution in [1.82, 2.24) is 0 Å². The van der Waals surface area contributed by atoms with Crippen LogP contribution < -0.4 is 0 Å². The van der Waals surface area contributed by atoms with Crippen molar-refractivity contribution in [3.8, 4) is 22.5 Å². The second kappa shape index (κ2) is 8.37. The van der Waals surface area contributed by atoms with Crippen LogP contribution in [0.5, 0.6) is 0 Å². The summed E-state index contributed by atoms with van der Waals surface area (Å²) in [5.74, 6) is 0.850. The highest BCUT2D eigenvalue weighted by atomic mass is 16.3. The molecule has 3 heterocycles. The minimum atomic E-state index is 0.850. The topological polar surface area (TPSA) is 39.4 Å². The molecule has 0 saturated carbocycles. The molecule has 10 rings (SSSR count). The first kappa shape index (κ1) is 22.8. The van der Waals surface area contributed by atoms with Crippen molar-refractivity contribution in [3.05, 3.63) is 133 Å². The number of benzene rings is 7. The van der Waals surface area contributed by atoms with Crippen molar-refractivity contribution in [2.24, 2.45) is 0 Å². The number of hydrogen-bond donors (Lipinski definition) is 0. The number of hydrogen-bond acceptors (Lipinski definition) is 3. The molecule has 0 fully saturated rings. The van der Waals surface area contributed by atoms with Gasteiger partial charge in [0.15, 0.2) is 0 Å². The van der Waals surface area contributed by atoms with Gasteiger partial charge in [0.2, 0.25) is 0 Å². The Balaban J connectivity index is 1.30. The molecule has 200 valence electrons. The quantitative estimate of drug-likeness (QED) is 0.201. The third kappa shape index (κ3) is 3.14. The van der Waals surface area contributed by atoms with E-state index in [4.69, 9.17) is 13.3 Å². The second-order valence-corrected chi connectivity index (χ2v) is 11.2. The average molecular weight is 551 g/mol. The van der Waals surface area contributed by atoms with Crippen LogP contribution in [0.2, 0.25) is 0 Å². The molecule has 0 saturated heterocycles. The van der Waals surface area contributed by atoms with Crippen LogP contribution >= 0.6 is 0 Å². The lowest BCUT2D eigenvalue weighted by Crippen LogP contribution is -1.89. The number of furan rings is 3. The Kier molecular flexibility index (Phi) is 4.45. The van der Waals surface area contributed by atoms with E-state index in [0.29, 0.717) is 0 Å². The van der Waals surface area contributed by atoms with Crippen LogP contribution in [0.25, 0.3) is 98.8 Å². The third-order valence-electron chi connectivity index (χ3n) is 8.88. The maximum Gasteiger partial charge on any atom is 0.136 e. The van der Waals surface area contributed by atoms with Crippen molar-refractivity contribution in [2.75, 3.05) is 0 Å². The van der Waals surface area contributed by atoms with E-state index in [-0.39, 0.29) is 0 Å². The summed E-state index contributed by atoms with van der Waals surface area (Å²) in [5, 5.41) is 10.2. The number of rotatable bonds is 2. The summed E-state index contributed by atoms with van der Waals surface area (Å²) < 4.78 is 19.0. The van der Waals surface area contributed by atoms with Crippen LogP contribution in [0.3, 0.4) is 0 Å². The molecule has 0 N–H and O–H groups in total. The van der Waals surface area contributed by atoms with Crippen LogP contribution in [-0.2, 0) is 0 Å². The number of para-hydroxylation sites is 2. The molecular weight excluding hydrogens is 528 g/mol. The molecule has 3 nitrogen and oxygen atoms in total. The van der Waals surface area contributed by atoms with E-state index >= 15 is 0 Å². The van der Waals surface area contributed by atoms with Gasteiger partial charge in [0, 0.05) is 32.5 Å².